The van der Waals surface area contributed by atoms with Gasteiger partial charge in [0.2, 0.25) is 17.6 Å². The molecule has 0 aliphatic carbocycles. The van der Waals surface area contributed by atoms with Crippen molar-refractivity contribution in [3.8, 4) is 0 Å². The highest BCUT2D eigenvalue weighted by atomic mass is 35.5. The summed E-state index contributed by atoms with van der Waals surface area (Å²) < 4.78 is 0. The summed E-state index contributed by atoms with van der Waals surface area (Å²) in [7, 11) is 0. The van der Waals surface area contributed by atoms with E-state index in [0.717, 1.165) is 25.2 Å². The molecule has 1 aliphatic rings. The molecule has 0 radical (unpaired) electrons. The maximum Gasteiger partial charge on any atom is 0.353 e. The molecule has 0 spiro atoms. The summed E-state index contributed by atoms with van der Waals surface area (Å²) >= 11 is 5.92. The van der Waals surface area contributed by atoms with E-state index in [1.807, 2.05) is 35.2 Å². The zero-order valence-electron chi connectivity index (χ0n) is 17.4. The average Bonchev–Trinajstić information content (AvgIpc) is 2.79. The Bertz CT molecular complexity index is 1070. The second-order valence-electron chi connectivity index (χ2n) is 7.59. The van der Waals surface area contributed by atoms with Gasteiger partial charge in [0.25, 0.3) is 0 Å². The lowest BCUT2D eigenvalue weighted by Crippen LogP contribution is -2.46. The van der Waals surface area contributed by atoms with Gasteiger partial charge < -0.3 is 16.0 Å². The molecule has 3 N–H and O–H groups in total. The lowest BCUT2D eigenvalue weighted by molar-refractivity contribution is -0.383. The number of halogens is 1. The zero-order chi connectivity index (χ0) is 22.5. The largest absolute Gasteiger partial charge is 0.378 e. The fourth-order valence-electron chi connectivity index (χ4n) is 3.68. The van der Waals surface area contributed by atoms with E-state index >= 15 is 0 Å². The number of nitrogens with zero attached hydrogens (tertiary/aromatic N) is 5. The molecule has 0 atom stereocenters. The van der Waals surface area contributed by atoms with Gasteiger partial charge in [-0.1, -0.05) is 54.1 Å². The van der Waals surface area contributed by atoms with Crippen LogP contribution in [-0.4, -0.2) is 46.0 Å². The van der Waals surface area contributed by atoms with E-state index < -0.39 is 4.92 Å². The normalized spacial score (nSPS) is 14.3. The molecule has 0 unspecified atom stereocenters. The first-order valence-electron chi connectivity index (χ1n) is 10.3. The van der Waals surface area contributed by atoms with Crippen LogP contribution in [0.15, 0.2) is 54.6 Å². The van der Waals surface area contributed by atoms with Crippen molar-refractivity contribution in [3.05, 3.63) is 80.9 Å². The highest BCUT2D eigenvalue weighted by Crippen LogP contribution is 2.32. The molecular formula is C22H24ClN7O2. The quantitative estimate of drug-likeness (QED) is 0.412. The third-order valence-corrected chi connectivity index (χ3v) is 5.61. The van der Waals surface area contributed by atoms with Crippen molar-refractivity contribution in [1.82, 2.24) is 14.9 Å². The van der Waals surface area contributed by atoms with Gasteiger partial charge in [-0.15, -0.1) is 0 Å². The Morgan fingerprint density at radius 1 is 1.00 bits per heavy atom. The average molecular weight is 454 g/mol. The predicted molar refractivity (Wildman–Crippen MR) is 126 cm³/mol. The van der Waals surface area contributed by atoms with Crippen molar-refractivity contribution in [3.63, 3.8) is 0 Å². The van der Waals surface area contributed by atoms with Gasteiger partial charge in [-0.3, -0.25) is 15.0 Å². The summed E-state index contributed by atoms with van der Waals surface area (Å²) in [4.78, 5) is 24.0. The third-order valence-electron chi connectivity index (χ3n) is 5.36. The monoisotopic (exact) mass is 453 g/mol. The third kappa shape index (κ3) is 5.24. The summed E-state index contributed by atoms with van der Waals surface area (Å²) in [5, 5.41) is 15.4. The number of nitro groups is 1. The summed E-state index contributed by atoms with van der Waals surface area (Å²) in [5.41, 5.74) is 7.93. The van der Waals surface area contributed by atoms with Crippen LogP contribution in [0.25, 0.3) is 0 Å². The van der Waals surface area contributed by atoms with Crippen molar-refractivity contribution in [1.29, 1.82) is 0 Å². The minimum atomic E-state index is -0.510. The molecule has 2 aromatic carbocycles. The number of hydrogen-bond donors (Lipinski definition) is 2. The molecule has 1 saturated heterocycles. The van der Waals surface area contributed by atoms with Crippen molar-refractivity contribution in [2.75, 3.05) is 42.1 Å². The number of hydrogen-bond acceptors (Lipinski definition) is 8. The van der Waals surface area contributed by atoms with Crippen molar-refractivity contribution in [2.45, 2.75) is 13.1 Å². The Kier molecular flexibility index (Phi) is 6.67. The predicted octanol–water partition coefficient (Wildman–Crippen LogP) is 3.55. The first-order chi connectivity index (χ1) is 15.5. The van der Waals surface area contributed by atoms with Gasteiger partial charge in [0.05, 0.1) is 4.92 Å². The van der Waals surface area contributed by atoms with Gasteiger partial charge in [-0.05, 0) is 23.3 Å². The molecule has 32 heavy (non-hydrogen) atoms. The molecule has 0 amide bonds. The molecule has 1 fully saturated rings. The number of piperazine rings is 1. The second-order valence-corrected chi connectivity index (χ2v) is 8.03. The molecule has 166 valence electrons. The molecule has 3 aromatic rings. The molecule has 1 aromatic heterocycles. The number of anilines is 3. The molecule has 2 heterocycles. The van der Waals surface area contributed by atoms with E-state index in [1.54, 1.807) is 12.1 Å². The SMILES string of the molecule is Nc1nc(NCc2ccc(Cl)cc2)nc(N2CCN(Cc3ccccc3)CC2)c1[N+](=O)[O-]. The maximum absolute atomic E-state index is 11.7. The zero-order valence-corrected chi connectivity index (χ0v) is 18.2. The summed E-state index contributed by atoms with van der Waals surface area (Å²) in [6.45, 7) is 4.05. The first kappa shape index (κ1) is 21.8. The number of nitrogens with one attached hydrogen (secondary N) is 1. The van der Waals surface area contributed by atoms with Crippen LogP contribution in [-0.2, 0) is 13.1 Å². The Balaban J connectivity index is 1.48. The highest BCUT2D eigenvalue weighted by Gasteiger charge is 2.29. The van der Waals surface area contributed by atoms with Crippen LogP contribution < -0.4 is 16.0 Å². The van der Waals surface area contributed by atoms with Crippen molar-refractivity contribution >= 4 is 34.9 Å². The molecule has 0 saturated carbocycles. The van der Waals surface area contributed by atoms with Crippen LogP contribution in [0.4, 0.5) is 23.3 Å². The number of nitrogen functional groups attached to an aromatic ring is 1. The fourth-order valence-corrected chi connectivity index (χ4v) is 3.80. The molecule has 4 rings (SSSR count). The standard InChI is InChI=1S/C22H24ClN7O2/c23-18-8-6-16(7-9-18)14-25-22-26-20(24)19(30(31)32)21(27-22)29-12-10-28(11-13-29)15-17-4-2-1-3-5-17/h1-9H,10-15H2,(H3,24,25,26,27). The molecule has 10 heteroatoms. The smallest absolute Gasteiger partial charge is 0.353 e. The van der Waals surface area contributed by atoms with Gasteiger partial charge in [0, 0.05) is 44.3 Å². The molecule has 9 nitrogen and oxygen atoms in total. The Hall–Kier alpha value is -3.43. The van der Waals surface area contributed by atoms with E-state index in [2.05, 4.69) is 32.3 Å². The second kappa shape index (κ2) is 9.80. The summed E-state index contributed by atoms with van der Waals surface area (Å²) in [6.07, 6.45) is 0. The number of aromatic nitrogens is 2. The van der Waals surface area contributed by atoms with Crippen LogP contribution in [0.1, 0.15) is 11.1 Å². The minimum absolute atomic E-state index is 0.148. The summed E-state index contributed by atoms with van der Waals surface area (Å²) in [5.74, 6) is 0.357. The topological polar surface area (TPSA) is 113 Å². The van der Waals surface area contributed by atoms with Crippen LogP contribution in [0.3, 0.4) is 0 Å². The molecular weight excluding hydrogens is 430 g/mol. The number of benzene rings is 2. The van der Waals surface area contributed by atoms with Gasteiger partial charge in [-0.2, -0.15) is 9.97 Å². The van der Waals surface area contributed by atoms with Crippen molar-refractivity contribution < 1.29 is 4.92 Å². The molecule has 0 bridgehead atoms. The van der Waals surface area contributed by atoms with Crippen molar-refractivity contribution in [2.24, 2.45) is 0 Å². The van der Waals surface area contributed by atoms with Crippen LogP contribution in [0, 0.1) is 10.1 Å². The van der Waals surface area contributed by atoms with Crippen LogP contribution >= 0.6 is 11.6 Å². The fraction of sp³-hybridized carbons (Fsp3) is 0.273. The highest BCUT2D eigenvalue weighted by molar-refractivity contribution is 6.30. The Morgan fingerprint density at radius 2 is 1.69 bits per heavy atom. The number of rotatable bonds is 7. The van der Waals surface area contributed by atoms with Gasteiger partial charge in [-0.25, -0.2) is 0 Å². The minimum Gasteiger partial charge on any atom is -0.378 e. The van der Waals surface area contributed by atoms with E-state index in [-0.39, 0.29) is 23.3 Å². The summed E-state index contributed by atoms with van der Waals surface area (Å²) in [6, 6.07) is 17.6. The lowest BCUT2D eigenvalue weighted by Gasteiger charge is -2.35. The van der Waals surface area contributed by atoms with Gasteiger partial charge in [0.1, 0.15) is 0 Å². The van der Waals surface area contributed by atoms with E-state index in [4.69, 9.17) is 17.3 Å². The Morgan fingerprint density at radius 3 is 2.34 bits per heavy atom. The Labute approximate surface area is 191 Å². The van der Waals surface area contributed by atoms with Gasteiger partial charge >= 0.3 is 5.69 Å². The lowest BCUT2D eigenvalue weighted by atomic mass is 10.2. The van der Waals surface area contributed by atoms with E-state index in [1.165, 1.54) is 5.56 Å². The van der Waals surface area contributed by atoms with Crippen LogP contribution in [0.2, 0.25) is 5.02 Å². The number of nitrogens with two attached hydrogens (primary N) is 1. The molecule has 1 aliphatic heterocycles. The van der Waals surface area contributed by atoms with E-state index in [0.29, 0.717) is 24.7 Å². The first-order valence-corrected chi connectivity index (χ1v) is 10.7. The maximum atomic E-state index is 11.7. The van der Waals surface area contributed by atoms with E-state index in [9.17, 15) is 10.1 Å². The van der Waals surface area contributed by atoms with Crippen LogP contribution in [0.5, 0.6) is 0 Å². The van der Waals surface area contributed by atoms with Gasteiger partial charge in [0.15, 0.2) is 0 Å².